The number of hydrogen-bond donors (Lipinski definition) is 0. The summed E-state index contributed by atoms with van der Waals surface area (Å²) in [6.07, 6.45) is 2.99. The van der Waals surface area contributed by atoms with Crippen molar-refractivity contribution in [3.05, 3.63) is 23.8 Å². The van der Waals surface area contributed by atoms with Gasteiger partial charge in [-0.05, 0) is 25.0 Å². The largest absolute Gasteiger partial charge is 0.497 e. The van der Waals surface area contributed by atoms with Crippen LogP contribution in [0.15, 0.2) is 18.2 Å². The molecule has 1 aromatic carbocycles. The fourth-order valence-corrected chi connectivity index (χ4v) is 2.56. The number of anilines is 1. The number of carbonyl (C=O) groups excluding carboxylic acids is 2. The number of nitrogens with zero attached hydrogens (tertiary/aromatic N) is 1. The summed E-state index contributed by atoms with van der Waals surface area (Å²) in [6, 6.07) is 5.12. The van der Waals surface area contributed by atoms with Crippen LogP contribution in [-0.4, -0.2) is 30.7 Å². The number of carbonyl (C=O) groups is 2. The molecule has 0 atom stereocenters. The van der Waals surface area contributed by atoms with E-state index in [-0.39, 0.29) is 0 Å². The van der Waals surface area contributed by atoms with E-state index in [2.05, 4.69) is 15.9 Å². The van der Waals surface area contributed by atoms with E-state index in [0.29, 0.717) is 23.5 Å². The number of halogens is 1. The van der Waals surface area contributed by atoms with Gasteiger partial charge in [-0.2, -0.15) is 0 Å². The first kappa shape index (κ1) is 14.1. The zero-order chi connectivity index (χ0) is 13.8. The molecule has 0 spiro atoms. The van der Waals surface area contributed by atoms with Crippen LogP contribution in [0.1, 0.15) is 29.6 Å². The van der Waals surface area contributed by atoms with Gasteiger partial charge in [0.05, 0.1) is 18.4 Å². The molecule has 4 nitrogen and oxygen atoms in total. The molecular weight excluding hydrogens is 310 g/mol. The van der Waals surface area contributed by atoms with E-state index in [1.807, 2.05) is 0 Å². The second kappa shape index (κ2) is 6.19. The number of hydrogen-bond acceptors (Lipinski definition) is 3. The minimum atomic E-state index is -0.429. The highest BCUT2D eigenvalue weighted by atomic mass is 79.9. The van der Waals surface area contributed by atoms with E-state index in [4.69, 9.17) is 4.74 Å². The average Bonchev–Trinajstić information content (AvgIpc) is 2.67. The van der Waals surface area contributed by atoms with Gasteiger partial charge < -0.3 is 9.64 Å². The maximum absolute atomic E-state index is 12.0. The van der Waals surface area contributed by atoms with Crippen LogP contribution in [0.25, 0.3) is 0 Å². The highest BCUT2D eigenvalue weighted by Crippen LogP contribution is 2.32. The summed E-state index contributed by atoms with van der Waals surface area (Å²) in [4.78, 5) is 25.4. The molecule has 0 aromatic heterocycles. The lowest BCUT2D eigenvalue weighted by Crippen LogP contribution is -2.30. The van der Waals surface area contributed by atoms with Crippen LogP contribution >= 0.6 is 15.9 Å². The monoisotopic (exact) mass is 325 g/mol. The standard InChI is InChI=1S/C14H16BrNO3/c1-19-10-5-6-11-12(9-10)16(14(18)13(11)17)8-4-2-3-7-15/h5-6,9H,2-4,7-8H2,1H3. The maximum atomic E-state index is 12.0. The van der Waals surface area contributed by atoms with Gasteiger partial charge in [-0.3, -0.25) is 9.59 Å². The minimum absolute atomic E-state index is 0.418. The third-order valence-corrected chi connectivity index (χ3v) is 3.76. The summed E-state index contributed by atoms with van der Waals surface area (Å²) < 4.78 is 5.15. The molecule has 0 fully saturated rings. The Morgan fingerprint density at radius 3 is 2.68 bits per heavy atom. The second-order valence-corrected chi connectivity index (χ2v) is 5.21. The molecule has 0 N–H and O–H groups in total. The molecule has 0 radical (unpaired) electrons. The first-order valence-corrected chi connectivity index (χ1v) is 7.41. The van der Waals surface area contributed by atoms with E-state index in [1.54, 1.807) is 30.2 Å². The molecule has 1 aliphatic heterocycles. The fourth-order valence-electron chi connectivity index (χ4n) is 2.16. The molecular formula is C14H16BrNO3. The summed E-state index contributed by atoms with van der Waals surface area (Å²) in [5.41, 5.74) is 1.15. The van der Waals surface area contributed by atoms with Crippen molar-refractivity contribution in [2.24, 2.45) is 0 Å². The van der Waals surface area contributed by atoms with Gasteiger partial charge in [0.1, 0.15) is 5.75 Å². The van der Waals surface area contributed by atoms with Crippen LogP contribution < -0.4 is 9.64 Å². The van der Waals surface area contributed by atoms with E-state index >= 15 is 0 Å². The molecule has 0 saturated heterocycles. The molecule has 2 rings (SSSR count). The lowest BCUT2D eigenvalue weighted by Gasteiger charge is -2.16. The van der Waals surface area contributed by atoms with Gasteiger partial charge >= 0.3 is 0 Å². The molecule has 0 saturated carbocycles. The summed E-state index contributed by atoms with van der Waals surface area (Å²) in [7, 11) is 1.57. The Morgan fingerprint density at radius 1 is 1.21 bits per heavy atom. The number of alkyl halides is 1. The SMILES string of the molecule is COc1ccc2c(c1)N(CCCCCBr)C(=O)C2=O. The van der Waals surface area contributed by atoms with E-state index in [9.17, 15) is 9.59 Å². The number of amides is 1. The third-order valence-electron chi connectivity index (χ3n) is 3.20. The molecule has 19 heavy (non-hydrogen) atoms. The molecule has 1 aliphatic rings. The van der Waals surface area contributed by atoms with Crippen LogP contribution in [0, 0.1) is 0 Å². The minimum Gasteiger partial charge on any atom is -0.497 e. The molecule has 0 aliphatic carbocycles. The molecule has 5 heteroatoms. The van der Waals surface area contributed by atoms with Crippen LogP contribution in [-0.2, 0) is 4.79 Å². The topological polar surface area (TPSA) is 46.6 Å². The van der Waals surface area contributed by atoms with Crippen LogP contribution in [0.2, 0.25) is 0 Å². The van der Waals surface area contributed by atoms with Crippen molar-refractivity contribution >= 4 is 33.3 Å². The van der Waals surface area contributed by atoms with Gasteiger partial charge in [0.25, 0.3) is 11.7 Å². The Morgan fingerprint density at radius 2 is 2.00 bits per heavy atom. The van der Waals surface area contributed by atoms with Crippen molar-refractivity contribution in [1.29, 1.82) is 0 Å². The fraction of sp³-hybridized carbons (Fsp3) is 0.429. The molecule has 1 heterocycles. The van der Waals surface area contributed by atoms with Gasteiger partial charge in [-0.25, -0.2) is 0 Å². The number of unbranched alkanes of at least 4 members (excludes halogenated alkanes) is 2. The Balaban J connectivity index is 2.17. The summed E-state index contributed by atoms with van der Waals surface area (Å²) >= 11 is 3.38. The van der Waals surface area contributed by atoms with Crippen molar-refractivity contribution in [1.82, 2.24) is 0 Å². The van der Waals surface area contributed by atoms with Crippen molar-refractivity contribution in [3.8, 4) is 5.75 Å². The zero-order valence-corrected chi connectivity index (χ0v) is 12.4. The number of fused-ring (bicyclic) bond motifs is 1. The quantitative estimate of drug-likeness (QED) is 0.459. The average molecular weight is 326 g/mol. The van der Waals surface area contributed by atoms with E-state index in [1.165, 1.54) is 0 Å². The van der Waals surface area contributed by atoms with Crippen molar-refractivity contribution in [3.63, 3.8) is 0 Å². The molecule has 0 bridgehead atoms. The molecule has 1 amide bonds. The van der Waals surface area contributed by atoms with E-state index in [0.717, 1.165) is 24.6 Å². The predicted molar refractivity (Wildman–Crippen MR) is 77.3 cm³/mol. The van der Waals surface area contributed by atoms with Crippen molar-refractivity contribution in [2.75, 3.05) is 23.9 Å². The Labute approximate surface area is 120 Å². The lowest BCUT2D eigenvalue weighted by molar-refractivity contribution is -0.114. The second-order valence-electron chi connectivity index (χ2n) is 4.42. The number of ether oxygens (including phenoxy) is 1. The maximum Gasteiger partial charge on any atom is 0.299 e. The van der Waals surface area contributed by atoms with Gasteiger partial charge in [-0.1, -0.05) is 22.4 Å². The predicted octanol–water partition coefficient (Wildman–Crippen LogP) is 2.79. The summed E-state index contributed by atoms with van der Waals surface area (Å²) in [6.45, 7) is 0.581. The highest BCUT2D eigenvalue weighted by molar-refractivity contribution is 9.09. The highest BCUT2D eigenvalue weighted by Gasteiger charge is 2.35. The number of methoxy groups -OCH3 is 1. The number of benzene rings is 1. The van der Waals surface area contributed by atoms with Crippen molar-refractivity contribution < 1.29 is 14.3 Å². The third kappa shape index (κ3) is 2.81. The number of Topliss-reactive ketones (excluding diaryl/α,β-unsaturated/α-hetero) is 1. The van der Waals surface area contributed by atoms with Crippen LogP contribution in [0.3, 0.4) is 0 Å². The van der Waals surface area contributed by atoms with Crippen LogP contribution in [0.5, 0.6) is 5.75 Å². The summed E-state index contributed by atoms with van der Waals surface area (Å²) in [5.74, 6) is -0.188. The first-order valence-electron chi connectivity index (χ1n) is 6.29. The van der Waals surface area contributed by atoms with E-state index < -0.39 is 11.7 Å². The van der Waals surface area contributed by atoms with Gasteiger partial charge in [-0.15, -0.1) is 0 Å². The Kier molecular flexibility index (Phi) is 4.58. The number of rotatable bonds is 6. The first-order chi connectivity index (χ1) is 9.19. The van der Waals surface area contributed by atoms with Gasteiger partial charge in [0, 0.05) is 17.9 Å². The molecule has 102 valence electrons. The molecule has 1 aromatic rings. The smallest absolute Gasteiger partial charge is 0.299 e. The summed E-state index contributed by atoms with van der Waals surface area (Å²) in [5, 5.41) is 0.963. The Hall–Kier alpha value is -1.36. The normalized spacial score (nSPS) is 13.9. The lowest BCUT2D eigenvalue weighted by atomic mass is 10.1. The van der Waals surface area contributed by atoms with Crippen molar-refractivity contribution in [2.45, 2.75) is 19.3 Å². The van der Waals surface area contributed by atoms with Crippen LogP contribution in [0.4, 0.5) is 5.69 Å². The number of ketones is 1. The zero-order valence-electron chi connectivity index (χ0n) is 10.8. The van der Waals surface area contributed by atoms with Gasteiger partial charge in [0.2, 0.25) is 0 Å². The Bertz CT molecular complexity index is 501. The molecule has 0 unspecified atom stereocenters. The van der Waals surface area contributed by atoms with Gasteiger partial charge in [0.15, 0.2) is 0 Å².